The van der Waals surface area contributed by atoms with E-state index in [9.17, 15) is 0 Å². The lowest BCUT2D eigenvalue weighted by Gasteiger charge is -2.27. The van der Waals surface area contributed by atoms with Crippen molar-refractivity contribution >= 4 is 17.3 Å². The third-order valence-corrected chi connectivity index (χ3v) is 4.77. The number of allylic oxidation sites excluding steroid dienone is 1. The van der Waals surface area contributed by atoms with Crippen molar-refractivity contribution in [2.45, 2.75) is 57.0 Å². The van der Waals surface area contributed by atoms with Crippen molar-refractivity contribution in [3.05, 3.63) is 12.2 Å². The Bertz CT molecular complexity index is 320. The Balaban J connectivity index is 1.45. The van der Waals surface area contributed by atoms with Gasteiger partial charge in [0.1, 0.15) is 0 Å². The molecule has 0 saturated heterocycles. The smallest absolute Gasteiger partial charge is 0.166 e. The summed E-state index contributed by atoms with van der Waals surface area (Å²) in [7, 11) is 0. The van der Waals surface area contributed by atoms with Crippen LogP contribution in [-0.2, 0) is 0 Å². The van der Waals surface area contributed by atoms with Gasteiger partial charge in [0.15, 0.2) is 5.11 Å². The van der Waals surface area contributed by atoms with Gasteiger partial charge in [0.05, 0.1) is 0 Å². The summed E-state index contributed by atoms with van der Waals surface area (Å²) in [4.78, 5) is 0. The van der Waals surface area contributed by atoms with E-state index in [0.29, 0.717) is 12.1 Å². The summed E-state index contributed by atoms with van der Waals surface area (Å²) in [6, 6.07) is 1.21. The van der Waals surface area contributed by atoms with Gasteiger partial charge in [0.2, 0.25) is 0 Å². The van der Waals surface area contributed by atoms with Crippen molar-refractivity contribution in [1.29, 1.82) is 0 Å². The lowest BCUT2D eigenvalue weighted by molar-refractivity contribution is 0.408. The van der Waals surface area contributed by atoms with E-state index < -0.39 is 0 Å². The minimum absolute atomic E-state index is 0.591. The number of thiocarbonyl (C=S) groups is 1. The van der Waals surface area contributed by atoms with Gasteiger partial charge in [-0.15, -0.1) is 0 Å². The number of hydrogen-bond donors (Lipinski definition) is 2. The lowest BCUT2D eigenvalue weighted by atomic mass is 9.96. The predicted molar refractivity (Wildman–Crippen MR) is 74.9 cm³/mol. The van der Waals surface area contributed by atoms with Crippen LogP contribution in [0.2, 0.25) is 0 Å². The highest BCUT2D eigenvalue weighted by molar-refractivity contribution is 7.80. The molecule has 2 nitrogen and oxygen atoms in total. The highest BCUT2D eigenvalue weighted by Gasteiger charge is 2.35. The van der Waals surface area contributed by atoms with Crippen LogP contribution in [0.3, 0.4) is 0 Å². The molecule has 0 heterocycles. The van der Waals surface area contributed by atoms with Crippen molar-refractivity contribution in [2.75, 3.05) is 0 Å². The van der Waals surface area contributed by atoms with Crippen LogP contribution in [0.25, 0.3) is 0 Å². The van der Waals surface area contributed by atoms with Gasteiger partial charge in [-0.1, -0.05) is 31.4 Å². The van der Waals surface area contributed by atoms with Crippen LogP contribution in [0.5, 0.6) is 0 Å². The van der Waals surface area contributed by atoms with E-state index in [2.05, 4.69) is 22.8 Å². The van der Waals surface area contributed by atoms with E-state index in [0.717, 1.165) is 16.9 Å². The zero-order valence-corrected chi connectivity index (χ0v) is 11.1. The van der Waals surface area contributed by atoms with E-state index in [1.165, 1.54) is 44.9 Å². The van der Waals surface area contributed by atoms with Crippen LogP contribution >= 0.6 is 12.2 Å². The number of nitrogens with one attached hydrogen (secondary N) is 2. The molecule has 0 spiro atoms. The average molecular weight is 250 g/mol. The molecule has 3 aliphatic carbocycles. The lowest BCUT2D eigenvalue weighted by Crippen LogP contribution is -2.47. The van der Waals surface area contributed by atoms with Gasteiger partial charge in [0, 0.05) is 12.1 Å². The molecule has 0 aromatic rings. The predicted octanol–water partition coefficient (Wildman–Crippen LogP) is 2.75. The molecule has 3 aliphatic rings. The Labute approximate surface area is 109 Å². The van der Waals surface area contributed by atoms with Gasteiger partial charge in [-0.05, 0) is 49.7 Å². The third kappa shape index (κ3) is 2.65. The molecule has 3 atom stereocenters. The minimum atomic E-state index is 0.591. The summed E-state index contributed by atoms with van der Waals surface area (Å²) >= 11 is 5.44. The fraction of sp³-hybridized carbons (Fsp3) is 0.786. The molecule has 2 fully saturated rings. The molecule has 94 valence electrons. The van der Waals surface area contributed by atoms with E-state index in [1.54, 1.807) is 0 Å². The van der Waals surface area contributed by atoms with Crippen LogP contribution in [-0.4, -0.2) is 17.2 Å². The van der Waals surface area contributed by atoms with Gasteiger partial charge < -0.3 is 10.6 Å². The van der Waals surface area contributed by atoms with Gasteiger partial charge in [-0.2, -0.15) is 0 Å². The second-order valence-corrected chi connectivity index (χ2v) is 6.25. The van der Waals surface area contributed by atoms with Crippen LogP contribution in [0.4, 0.5) is 0 Å². The molecule has 0 aromatic heterocycles. The second-order valence-electron chi connectivity index (χ2n) is 5.84. The molecule has 0 aromatic carbocycles. The van der Waals surface area contributed by atoms with Gasteiger partial charge in [0.25, 0.3) is 0 Å². The average Bonchev–Trinajstić information content (AvgIpc) is 2.92. The van der Waals surface area contributed by atoms with Crippen molar-refractivity contribution in [1.82, 2.24) is 10.6 Å². The molecule has 2 saturated carbocycles. The Kier molecular flexibility index (Phi) is 3.37. The summed E-state index contributed by atoms with van der Waals surface area (Å²) in [5.41, 5.74) is 0. The molecule has 0 aliphatic heterocycles. The Morgan fingerprint density at radius 1 is 1.00 bits per heavy atom. The Hall–Kier alpha value is -0.570. The van der Waals surface area contributed by atoms with E-state index in [1.807, 2.05) is 0 Å². The zero-order valence-electron chi connectivity index (χ0n) is 10.3. The maximum Gasteiger partial charge on any atom is 0.166 e. The molecule has 2 bridgehead atoms. The van der Waals surface area contributed by atoms with Crippen LogP contribution in [0.15, 0.2) is 12.2 Å². The summed E-state index contributed by atoms with van der Waals surface area (Å²) in [6.45, 7) is 0. The van der Waals surface area contributed by atoms with Gasteiger partial charge in [-0.25, -0.2) is 0 Å². The fourth-order valence-electron chi connectivity index (χ4n) is 3.59. The third-order valence-electron chi connectivity index (χ3n) is 4.54. The van der Waals surface area contributed by atoms with Crippen LogP contribution in [0.1, 0.15) is 44.9 Å². The van der Waals surface area contributed by atoms with Gasteiger partial charge in [-0.3, -0.25) is 0 Å². The standard InChI is InChI=1S/C14H22N2S/c17-14(15-12-4-2-1-3-5-12)16-13-9-10-6-7-11(13)8-10/h6-7,10-13H,1-5,8-9H2,(H2,15,16,17)/t10-,11+,13-/m1/s1. The Morgan fingerprint density at radius 3 is 2.47 bits per heavy atom. The topological polar surface area (TPSA) is 24.1 Å². The number of fused-ring (bicyclic) bond motifs is 2. The highest BCUT2D eigenvalue weighted by atomic mass is 32.1. The van der Waals surface area contributed by atoms with E-state index in [4.69, 9.17) is 12.2 Å². The van der Waals surface area contributed by atoms with Gasteiger partial charge >= 0.3 is 0 Å². The SMILES string of the molecule is S=C(NC1CCCCC1)N[C@@H]1C[C@@H]2C=C[C@H]1C2. The Morgan fingerprint density at radius 2 is 1.82 bits per heavy atom. The van der Waals surface area contributed by atoms with Crippen molar-refractivity contribution in [3.8, 4) is 0 Å². The summed E-state index contributed by atoms with van der Waals surface area (Å²) in [5, 5.41) is 7.92. The van der Waals surface area contributed by atoms with Crippen LogP contribution in [0, 0.1) is 11.8 Å². The largest absolute Gasteiger partial charge is 0.360 e. The number of rotatable bonds is 2. The molecule has 17 heavy (non-hydrogen) atoms. The van der Waals surface area contributed by atoms with E-state index in [-0.39, 0.29) is 0 Å². The molecule has 3 heteroatoms. The van der Waals surface area contributed by atoms with Crippen molar-refractivity contribution < 1.29 is 0 Å². The maximum atomic E-state index is 5.44. The van der Waals surface area contributed by atoms with Crippen LogP contribution < -0.4 is 10.6 Å². The van der Waals surface area contributed by atoms with E-state index >= 15 is 0 Å². The maximum absolute atomic E-state index is 5.44. The number of hydrogen-bond acceptors (Lipinski definition) is 1. The molecule has 0 unspecified atom stereocenters. The normalized spacial score (nSPS) is 36.1. The molecule has 3 rings (SSSR count). The molecular formula is C14H22N2S. The molecule has 0 radical (unpaired) electrons. The summed E-state index contributed by atoms with van der Waals surface area (Å²) in [5.74, 6) is 1.54. The summed E-state index contributed by atoms with van der Waals surface area (Å²) < 4.78 is 0. The first-order chi connectivity index (χ1) is 8.31. The first-order valence-corrected chi connectivity index (χ1v) is 7.47. The summed E-state index contributed by atoms with van der Waals surface area (Å²) in [6.07, 6.45) is 14.0. The first-order valence-electron chi connectivity index (χ1n) is 7.06. The fourth-order valence-corrected chi connectivity index (χ4v) is 3.91. The molecule has 0 amide bonds. The zero-order chi connectivity index (χ0) is 11.7. The first kappa shape index (κ1) is 11.5. The van der Waals surface area contributed by atoms with Crippen molar-refractivity contribution in [2.24, 2.45) is 11.8 Å². The minimum Gasteiger partial charge on any atom is -0.360 e. The van der Waals surface area contributed by atoms with Crippen molar-refractivity contribution in [3.63, 3.8) is 0 Å². The monoisotopic (exact) mass is 250 g/mol. The molecule has 2 N–H and O–H groups in total. The molecular weight excluding hydrogens is 228 g/mol. The quantitative estimate of drug-likeness (QED) is 0.582. The second kappa shape index (κ2) is 4.97. The highest BCUT2D eigenvalue weighted by Crippen LogP contribution is 2.38.